The molecule has 0 fully saturated rings. The number of benzene rings is 2. The lowest BCUT2D eigenvalue weighted by Crippen LogP contribution is -2.16. The summed E-state index contributed by atoms with van der Waals surface area (Å²) in [4.78, 5) is 22.9. The number of amides is 1. The molecule has 0 spiro atoms. The lowest BCUT2D eigenvalue weighted by atomic mass is 10.1. The molecule has 39 heavy (non-hydrogen) atoms. The predicted molar refractivity (Wildman–Crippen MR) is 149 cm³/mol. The minimum atomic E-state index is -0.250. The summed E-state index contributed by atoms with van der Waals surface area (Å²) in [7, 11) is 1.85. The van der Waals surface area contributed by atoms with Crippen LogP contribution in [0.15, 0.2) is 66.9 Å². The molecule has 2 aromatic carbocycles. The number of carbonyl (C=O) groups excluding carboxylic acids is 1. The number of ether oxygens (including phenoxy) is 2. The minimum Gasteiger partial charge on any atom is -0.489 e. The van der Waals surface area contributed by atoms with Crippen LogP contribution in [0, 0.1) is 6.92 Å². The van der Waals surface area contributed by atoms with E-state index in [1.807, 2.05) is 62.5 Å². The second-order valence-corrected chi connectivity index (χ2v) is 9.74. The molecular formula is C30H30N6O3. The van der Waals surface area contributed by atoms with Gasteiger partial charge in [-0.2, -0.15) is 5.10 Å². The van der Waals surface area contributed by atoms with Gasteiger partial charge in [0.05, 0.1) is 35.1 Å². The van der Waals surface area contributed by atoms with E-state index in [9.17, 15) is 4.79 Å². The van der Waals surface area contributed by atoms with Gasteiger partial charge >= 0.3 is 0 Å². The van der Waals surface area contributed by atoms with E-state index >= 15 is 0 Å². The fourth-order valence-corrected chi connectivity index (χ4v) is 4.86. The SMILES string of the molecule is Cc1cc2cc(n1)-c1cnn(C)c1OCCCCCn1c(nc3ccc(OCc4ccccc4)cc31)NC2=O. The van der Waals surface area contributed by atoms with Crippen molar-refractivity contribution >= 4 is 22.9 Å². The lowest BCUT2D eigenvalue weighted by Gasteiger charge is -2.11. The molecule has 9 nitrogen and oxygen atoms in total. The average molecular weight is 523 g/mol. The first-order chi connectivity index (χ1) is 19.0. The van der Waals surface area contributed by atoms with Gasteiger partial charge in [-0.25, -0.2) is 9.67 Å². The van der Waals surface area contributed by atoms with E-state index in [4.69, 9.17) is 14.5 Å². The number of nitrogens with one attached hydrogen (secondary N) is 1. The quantitative estimate of drug-likeness (QED) is 0.335. The van der Waals surface area contributed by atoms with Crippen molar-refractivity contribution < 1.29 is 14.3 Å². The van der Waals surface area contributed by atoms with E-state index in [-0.39, 0.29) is 5.91 Å². The molecule has 2 bridgehead atoms. The zero-order valence-corrected chi connectivity index (χ0v) is 22.1. The van der Waals surface area contributed by atoms with Gasteiger partial charge in [-0.1, -0.05) is 30.3 Å². The van der Waals surface area contributed by atoms with Crippen LogP contribution in [0.2, 0.25) is 0 Å². The Balaban J connectivity index is 1.35. The Hall–Kier alpha value is -4.66. The molecule has 1 N–H and O–H groups in total. The molecule has 6 rings (SSSR count). The summed E-state index contributed by atoms with van der Waals surface area (Å²) in [5.41, 5.74) is 5.45. The van der Waals surface area contributed by atoms with E-state index in [0.717, 1.165) is 52.9 Å². The highest BCUT2D eigenvalue weighted by Crippen LogP contribution is 2.30. The summed E-state index contributed by atoms with van der Waals surface area (Å²) in [6.07, 6.45) is 4.47. The van der Waals surface area contributed by atoms with Crippen molar-refractivity contribution in [3.8, 4) is 22.9 Å². The van der Waals surface area contributed by atoms with Gasteiger partial charge in [0.15, 0.2) is 0 Å². The maximum Gasteiger partial charge on any atom is 0.258 e. The second-order valence-electron chi connectivity index (χ2n) is 9.74. The average Bonchev–Trinajstić information content (AvgIpc) is 3.48. The van der Waals surface area contributed by atoms with Crippen LogP contribution in [0.3, 0.4) is 0 Å². The molecule has 0 unspecified atom stereocenters. The molecular weight excluding hydrogens is 492 g/mol. The zero-order valence-electron chi connectivity index (χ0n) is 22.1. The number of carbonyl (C=O) groups is 1. The van der Waals surface area contributed by atoms with Crippen molar-refractivity contribution in [2.75, 3.05) is 11.9 Å². The molecule has 0 aliphatic carbocycles. The van der Waals surface area contributed by atoms with Gasteiger partial charge in [-0.3, -0.25) is 15.1 Å². The Labute approximate surface area is 226 Å². The number of rotatable bonds is 3. The van der Waals surface area contributed by atoms with Crippen molar-refractivity contribution in [2.24, 2.45) is 7.05 Å². The molecule has 1 aliphatic heterocycles. The molecule has 0 radical (unpaired) electrons. The molecule has 4 heterocycles. The number of hydrogen-bond donors (Lipinski definition) is 1. The summed E-state index contributed by atoms with van der Waals surface area (Å²) >= 11 is 0. The molecule has 0 saturated carbocycles. The van der Waals surface area contributed by atoms with Gasteiger partial charge in [0.2, 0.25) is 11.8 Å². The van der Waals surface area contributed by atoms with E-state index in [1.165, 1.54) is 0 Å². The van der Waals surface area contributed by atoms with Gasteiger partial charge in [0.25, 0.3) is 5.91 Å². The summed E-state index contributed by atoms with van der Waals surface area (Å²) in [5, 5.41) is 7.42. The summed E-state index contributed by atoms with van der Waals surface area (Å²) in [5.74, 6) is 1.67. The smallest absolute Gasteiger partial charge is 0.258 e. The molecule has 198 valence electrons. The van der Waals surface area contributed by atoms with Crippen LogP contribution in [0.1, 0.15) is 40.9 Å². The predicted octanol–water partition coefficient (Wildman–Crippen LogP) is 5.53. The largest absolute Gasteiger partial charge is 0.489 e. The van der Waals surface area contributed by atoms with Gasteiger partial charge in [0, 0.05) is 30.9 Å². The third-order valence-electron chi connectivity index (χ3n) is 6.83. The Bertz CT molecular complexity index is 1640. The summed E-state index contributed by atoms with van der Waals surface area (Å²) < 4.78 is 16.0. The standard InChI is InChI=1S/C30H30N6O3/c1-20-15-22-16-26(32-20)24-18-31-35(2)29(24)38-14-8-4-7-13-36-27-17-23(39-19-21-9-5-3-6-10-21)11-12-25(27)33-30(36)34-28(22)37/h3,5-6,9-12,15-18H,4,7-8,13-14,19H2,1-2H3,(H,33,34,37). The van der Waals surface area contributed by atoms with Crippen LogP contribution in [0.5, 0.6) is 11.6 Å². The number of aromatic nitrogens is 5. The molecule has 9 heteroatoms. The first kappa shape index (κ1) is 24.7. The normalized spacial score (nSPS) is 13.9. The van der Waals surface area contributed by atoms with Gasteiger partial charge < -0.3 is 14.0 Å². The van der Waals surface area contributed by atoms with Crippen LogP contribution >= 0.6 is 0 Å². The molecule has 0 saturated heterocycles. The van der Waals surface area contributed by atoms with Gasteiger partial charge in [-0.15, -0.1) is 0 Å². The Kier molecular flexibility index (Phi) is 6.71. The van der Waals surface area contributed by atoms with Crippen LogP contribution < -0.4 is 14.8 Å². The van der Waals surface area contributed by atoms with E-state index in [2.05, 4.69) is 20.0 Å². The maximum absolute atomic E-state index is 13.5. The van der Waals surface area contributed by atoms with Crippen LogP contribution in [-0.4, -0.2) is 36.8 Å². The fourth-order valence-electron chi connectivity index (χ4n) is 4.86. The summed E-state index contributed by atoms with van der Waals surface area (Å²) in [6.45, 7) is 3.62. The third-order valence-corrected chi connectivity index (χ3v) is 6.83. The van der Waals surface area contributed by atoms with E-state index in [0.29, 0.717) is 42.8 Å². The number of hydrogen-bond acceptors (Lipinski definition) is 6. The topological polar surface area (TPSA) is 96.1 Å². The van der Waals surface area contributed by atoms with Crippen LogP contribution in [-0.2, 0) is 20.2 Å². The molecule has 5 aromatic rings. The highest BCUT2D eigenvalue weighted by Gasteiger charge is 2.20. The molecule has 3 aromatic heterocycles. The lowest BCUT2D eigenvalue weighted by molar-refractivity contribution is 0.102. The Morgan fingerprint density at radius 1 is 1.03 bits per heavy atom. The van der Waals surface area contributed by atoms with Crippen molar-refractivity contribution in [1.82, 2.24) is 24.3 Å². The highest BCUT2D eigenvalue weighted by molar-refractivity contribution is 6.04. The van der Waals surface area contributed by atoms with Gasteiger partial charge in [0.1, 0.15) is 12.4 Å². The number of nitrogens with zero attached hydrogens (tertiary/aromatic N) is 5. The zero-order chi connectivity index (χ0) is 26.8. The number of anilines is 1. The van der Waals surface area contributed by atoms with Crippen molar-refractivity contribution in [3.05, 3.63) is 83.7 Å². The number of imidazole rings is 1. The Morgan fingerprint density at radius 3 is 2.77 bits per heavy atom. The first-order valence-corrected chi connectivity index (χ1v) is 13.2. The van der Waals surface area contributed by atoms with Gasteiger partial charge in [-0.05, 0) is 56.0 Å². The van der Waals surface area contributed by atoms with E-state index < -0.39 is 0 Å². The highest BCUT2D eigenvalue weighted by atomic mass is 16.5. The van der Waals surface area contributed by atoms with Crippen LogP contribution in [0.4, 0.5) is 5.95 Å². The number of pyridine rings is 1. The fraction of sp³-hybridized carbons (Fsp3) is 0.267. The third kappa shape index (κ3) is 5.20. The molecule has 1 amide bonds. The molecule has 1 aliphatic rings. The minimum absolute atomic E-state index is 0.250. The number of fused-ring (bicyclic) bond motifs is 7. The number of aryl methyl sites for hydroxylation is 3. The molecule has 0 atom stereocenters. The first-order valence-electron chi connectivity index (χ1n) is 13.2. The van der Waals surface area contributed by atoms with E-state index in [1.54, 1.807) is 23.0 Å². The Morgan fingerprint density at radius 2 is 1.90 bits per heavy atom. The van der Waals surface area contributed by atoms with Crippen molar-refractivity contribution in [2.45, 2.75) is 39.3 Å². The monoisotopic (exact) mass is 522 g/mol. The van der Waals surface area contributed by atoms with Crippen molar-refractivity contribution in [3.63, 3.8) is 0 Å². The maximum atomic E-state index is 13.5. The van der Waals surface area contributed by atoms with Crippen LogP contribution in [0.25, 0.3) is 22.3 Å². The second kappa shape index (κ2) is 10.6. The summed E-state index contributed by atoms with van der Waals surface area (Å²) in [6, 6.07) is 19.5. The van der Waals surface area contributed by atoms with Crippen molar-refractivity contribution in [1.29, 1.82) is 0 Å².